The van der Waals surface area contributed by atoms with E-state index in [4.69, 9.17) is 9.05 Å². The molecule has 1 aromatic carbocycles. The highest BCUT2D eigenvalue weighted by Gasteiger charge is 2.28. The molecule has 1 heterocycles. The average molecular weight is 212 g/mol. The van der Waals surface area contributed by atoms with Crippen molar-refractivity contribution in [1.82, 2.24) is 0 Å². The maximum atomic E-state index is 11.4. The van der Waals surface area contributed by atoms with Crippen molar-refractivity contribution in [2.24, 2.45) is 0 Å². The summed E-state index contributed by atoms with van der Waals surface area (Å²) in [6.45, 7) is 2.48. The fourth-order valence-electron chi connectivity index (χ4n) is 1.45. The lowest BCUT2D eigenvalue weighted by Gasteiger charge is -2.26. The normalized spacial score (nSPS) is 32.8. The molecule has 1 aromatic rings. The van der Waals surface area contributed by atoms with Crippen molar-refractivity contribution in [3.8, 4) is 0 Å². The van der Waals surface area contributed by atoms with Gasteiger partial charge in [0.05, 0.1) is 13.2 Å². The molecule has 0 N–H and O–H groups in total. The van der Waals surface area contributed by atoms with Crippen LogP contribution < -0.4 is 0 Å². The van der Waals surface area contributed by atoms with Gasteiger partial charge in [0.1, 0.15) is 0 Å². The summed E-state index contributed by atoms with van der Waals surface area (Å²) in [4.78, 5) is 0. The van der Waals surface area contributed by atoms with Gasteiger partial charge in [-0.2, -0.15) is 0 Å². The Balaban J connectivity index is 2.06. The van der Waals surface area contributed by atoms with Crippen molar-refractivity contribution >= 4 is 7.60 Å². The van der Waals surface area contributed by atoms with Crippen LogP contribution in [0.5, 0.6) is 0 Å². The van der Waals surface area contributed by atoms with E-state index in [1.165, 1.54) is 12.2 Å². The van der Waals surface area contributed by atoms with E-state index in [9.17, 15) is 4.57 Å². The van der Waals surface area contributed by atoms with E-state index >= 15 is 0 Å². The van der Waals surface area contributed by atoms with E-state index in [1.54, 1.807) is 0 Å². The Hall–Kier alpha value is -0.630. The maximum absolute atomic E-state index is 11.4. The molecule has 76 valence electrons. The van der Waals surface area contributed by atoms with Gasteiger partial charge in [0.15, 0.2) is 0 Å². The zero-order valence-corrected chi connectivity index (χ0v) is 8.94. The molecular formula is C10H13O3P. The van der Waals surface area contributed by atoms with Gasteiger partial charge in [-0.1, -0.05) is 30.3 Å². The molecule has 0 unspecified atom stereocenters. The highest BCUT2D eigenvalue weighted by molar-refractivity contribution is 7.53. The Morgan fingerprint density at radius 2 is 1.79 bits per heavy atom. The lowest BCUT2D eigenvalue weighted by atomic mass is 10.0. The smallest absolute Gasteiger partial charge is 0.308 e. The SMILES string of the molecule is CP1(=O)OCC(c2ccccc2)CO1. The molecule has 1 saturated heterocycles. The Labute approximate surface area is 83.6 Å². The lowest BCUT2D eigenvalue weighted by molar-refractivity contribution is 0.129. The highest BCUT2D eigenvalue weighted by atomic mass is 31.2. The molecule has 0 radical (unpaired) electrons. The van der Waals surface area contributed by atoms with Crippen LogP contribution >= 0.6 is 7.60 Å². The van der Waals surface area contributed by atoms with Crippen LogP contribution in [0.3, 0.4) is 0 Å². The Bertz CT molecular complexity index is 338. The minimum atomic E-state index is -2.74. The summed E-state index contributed by atoms with van der Waals surface area (Å²) in [7, 11) is -2.74. The summed E-state index contributed by atoms with van der Waals surface area (Å²) in [5, 5.41) is 0. The predicted molar refractivity (Wildman–Crippen MR) is 54.6 cm³/mol. The van der Waals surface area contributed by atoms with Crippen LogP contribution in [0.2, 0.25) is 0 Å². The van der Waals surface area contributed by atoms with Gasteiger partial charge >= 0.3 is 7.60 Å². The summed E-state index contributed by atoms with van der Waals surface area (Å²) in [6.07, 6.45) is 0. The predicted octanol–water partition coefficient (Wildman–Crippen LogP) is 2.64. The van der Waals surface area contributed by atoms with Crippen molar-refractivity contribution in [2.75, 3.05) is 19.9 Å². The summed E-state index contributed by atoms with van der Waals surface area (Å²) in [5.41, 5.74) is 1.17. The van der Waals surface area contributed by atoms with Crippen LogP contribution in [0.15, 0.2) is 30.3 Å². The van der Waals surface area contributed by atoms with Crippen LogP contribution in [0, 0.1) is 0 Å². The molecule has 4 heteroatoms. The summed E-state index contributed by atoms with van der Waals surface area (Å²) in [5.74, 6) is 0.207. The van der Waals surface area contributed by atoms with Gasteiger partial charge in [-0.05, 0) is 5.56 Å². The molecule has 3 nitrogen and oxygen atoms in total. The molecular weight excluding hydrogens is 199 g/mol. The number of rotatable bonds is 1. The van der Waals surface area contributed by atoms with Crippen LogP contribution in [-0.4, -0.2) is 19.9 Å². The second-order valence-corrected chi connectivity index (χ2v) is 5.53. The van der Waals surface area contributed by atoms with Crippen LogP contribution in [0.25, 0.3) is 0 Å². The zero-order valence-electron chi connectivity index (χ0n) is 8.05. The lowest BCUT2D eigenvalue weighted by Crippen LogP contribution is -2.18. The van der Waals surface area contributed by atoms with Gasteiger partial charge in [-0.3, -0.25) is 4.57 Å². The zero-order chi connectivity index (χ0) is 10.0. The maximum Gasteiger partial charge on any atom is 0.327 e. The molecule has 0 aromatic heterocycles. The third kappa shape index (κ3) is 2.24. The Kier molecular flexibility index (Phi) is 2.73. The van der Waals surface area contributed by atoms with Gasteiger partial charge < -0.3 is 9.05 Å². The van der Waals surface area contributed by atoms with Gasteiger partial charge in [-0.25, -0.2) is 0 Å². The molecule has 14 heavy (non-hydrogen) atoms. The van der Waals surface area contributed by atoms with E-state index in [1.807, 2.05) is 30.3 Å². The van der Waals surface area contributed by atoms with E-state index < -0.39 is 7.60 Å². The van der Waals surface area contributed by atoms with Crippen LogP contribution in [0.4, 0.5) is 0 Å². The fourth-order valence-corrected chi connectivity index (χ4v) is 2.43. The monoisotopic (exact) mass is 212 g/mol. The van der Waals surface area contributed by atoms with Gasteiger partial charge in [0, 0.05) is 12.6 Å². The largest absolute Gasteiger partial charge is 0.327 e. The summed E-state index contributed by atoms with van der Waals surface area (Å²) < 4.78 is 21.7. The van der Waals surface area contributed by atoms with E-state index in [0.29, 0.717) is 13.2 Å². The molecule has 1 aliphatic rings. The topological polar surface area (TPSA) is 35.5 Å². The van der Waals surface area contributed by atoms with Gasteiger partial charge in [0.25, 0.3) is 0 Å². The molecule has 1 aliphatic heterocycles. The van der Waals surface area contributed by atoms with Crippen molar-refractivity contribution in [3.05, 3.63) is 35.9 Å². The van der Waals surface area contributed by atoms with E-state index in [-0.39, 0.29) is 5.92 Å². The minimum absolute atomic E-state index is 0.207. The van der Waals surface area contributed by atoms with E-state index in [2.05, 4.69) is 0 Å². The number of hydrogen-bond acceptors (Lipinski definition) is 3. The first kappa shape index (κ1) is 9.91. The van der Waals surface area contributed by atoms with E-state index in [0.717, 1.165) is 0 Å². The van der Waals surface area contributed by atoms with Crippen molar-refractivity contribution in [2.45, 2.75) is 5.92 Å². The summed E-state index contributed by atoms with van der Waals surface area (Å²) >= 11 is 0. The van der Waals surface area contributed by atoms with Crippen molar-refractivity contribution in [1.29, 1.82) is 0 Å². The highest BCUT2D eigenvalue weighted by Crippen LogP contribution is 2.48. The Morgan fingerprint density at radius 3 is 2.36 bits per heavy atom. The number of benzene rings is 1. The molecule has 2 rings (SSSR count). The first-order valence-electron chi connectivity index (χ1n) is 4.59. The molecule has 0 spiro atoms. The third-order valence-corrected chi connectivity index (χ3v) is 3.53. The van der Waals surface area contributed by atoms with Crippen LogP contribution in [0.1, 0.15) is 11.5 Å². The molecule has 0 atom stereocenters. The third-order valence-electron chi connectivity index (χ3n) is 2.29. The first-order chi connectivity index (χ1) is 6.67. The standard InChI is InChI=1S/C10H13O3P/c1-14(11)12-7-10(8-13-14)9-5-3-2-4-6-9/h2-6,10H,7-8H2,1H3. The number of hydrogen-bond donors (Lipinski definition) is 0. The second-order valence-electron chi connectivity index (χ2n) is 3.47. The molecule has 0 saturated carbocycles. The van der Waals surface area contributed by atoms with Crippen molar-refractivity contribution in [3.63, 3.8) is 0 Å². The van der Waals surface area contributed by atoms with Gasteiger partial charge in [0.2, 0.25) is 0 Å². The molecule has 0 bridgehead atoms. The molecule has 0 amide bonds. The molecule has 1 fully saturated rings. The summed E-state index contributed by atoms with van der Waals surface area (Å²) in [6, 6.07) is 10.00. The quantitative estimate of drug-likeness (QED) is 0.671. The average Bonchev–Trinajstić information content (AvgIpc) is 2.19. The fraction of sp³-hybridized carbons (Fsp3) is 0.400. The first-order valence-corrected chi connectivity index (χ1v) is 6.58. The van der Waals surface area contributed by atoms with Crippen LogP contribution in [-0.2, 0) is 13.6 Å². The van der Waals surface area contributed by atoms with Crippen molar-refractivity contribution < 1.29 is 13.6 Å². The molecule has 0 aliphatic carbocycles. The minimum Gasteiger partial charge on any atom is -0.308 e. The Morgan fingerprint density at radius 1 is 1.21 bits per heavy atom. The second kappa shape index (κ2) is 3.85. The van der Waals surface area contributed by atoms with Gasteiger partial charge in [-0.15, -0.1) is 0 Å².